The van der Waals surface area contributed by atoms with Crippen LogP contribution in [0.3, 0.4) is 0 Å². The van der Waals surface area contributed by atoms with E-state index < -0.39 is 5.60 Å². The van der Waals surface area contributed by atoms with Crippen molar-refractivity contribution in [2.75, 3.05) is 17.6 Å². The van der Waals surface area contributed by atoms with E-state index in [9.17, 15) is 4.79 Å². The van der Waals surface area contributed by atoms with Gasteiger partial charge in [0.1, 0.15) is 16.6 Å². The van der Waals surface area contributed by atoms with Gasteiger partial charge in [0.15, 0.2) is 0 Å². The number of nitrogens with zero attached hydrogens (tertiary/aromatic N) is 2. The minimum absolute atomic E-state index is 0.0908. The quantitative estimate of drug-likeness (QED) is 0.581. The topological polar surface area (TPSA) is 90.1 Å². The highest BCUT2D eigenvalue weighted by Gasteiger charge is 2.23. The summed E-state index contributed by atoms with van der Waals surface area (Å²) in [6.07, 6.45) is 6.01. The summed E-state index contributed by atoms with van der Waals surface area (Å²) in [6.45, 7) is 6.53. The van der Waals surface area contributed by atoms with Crippen LogP contribution in [0.15, 0.2) is 6.07 Å². The Morgan fingerprint density at radius 1 is 1.28 bits per heavy atom. The molecule has 0 atom stereocenters. The number of rotatable bonds is 6. The maximum absolute atomic E-state index is 11.8. The first kappa shape index (κ1) is 19.8. The molecule has 1 saturated carbocycles. The maximum Gasteiger partial charge on any atom is 0.306 e. The number of hydrogen-bond donors (Lipinski definition) is 2. The summed E-state index contributed by atoms with van der Waals surface area (Å²) >= 11 is 5.88. The number of carbonyl (C=O) groups excluding carboxylic acids is 1. The molecule has 0 saturated heterocycles. The van der Waals surface area contributed by atoms with Crippen LogP contribution in [0.5, 0.6) is 0 Å². The summed E-state index contributed by atoms with van der Waals surface area (Å²) in [5, 5.41) is 3.57. The molecule has 0 aromatic carbocycles. The molecular formula is C18H29ClN4O2. The lowest BCUT2D eigenvalue weighted by Crippen LogP contribution is -2.25. The van der Waals surface area contributed by atoms with Crippen molar-refractivity contribution in [3.05, 3.63) is 11.2 Å². The molecule has 0 aliphatic heterocycles. The summed E-state index contributed by atoms with van der Waals surface area (Å²) in [7, 11) is 0. The normalized spacial score (nSPS) is 21.0. The van der Waals surface area contributed by atoms with Crippen LogP contribution in [0.1, 0.15) is 59.3 Å². The van der Waals surface area contributed by atoms with Gasteiger partial charge in [-0.05, 0) is 51.9 Å². The molecule has 140 valence electrons. The van der Waals surface area contributed by atoms with Crippen LogP contribution in [0.25, 0.3) is 0 Å². The Morgan fingerprint density at radius 2 is 1.92 bits per heavy atom. The van der Waals surface area contributed by atoms with Crippen LogP contribution in [0.2, 0.25) is 5.15 Å². The predicted octanol–water partition coefficient (Wildman–Crippen LogP) is 4.05. The lowest BCUT2D eigenvalue weighted by atomic mass is 9.80. The van der Waals surface area contributed by atoms with E-state index in [1.807, 2.05) is 20.8 Å². The Bertz CT molecular complexity index is 561. The van der Waals surface area contributed by atoms with Crippen molar-refractivity contribution in [2.24, 2.45) is 11.8 Å². The monoisotopic (exact) mass is 368 g/mol. The Morgan fingerprint density at radius 3 is 2.52 bits per heavy atom. The minimum atomic E-state index is -0.397. The highest BCUT2D eigenvalue weighted by molar-refractivity contribution is 6.29. The highest BCUT2D eigenvalue weighted by Crippen LogP contribution is 2.32. The van der Waals surface area contributed by atoms with Crippen molar-refractivity contribution in [1.29, 1.82) is 0 Å². The number of anilines is 2. The molecule has 6 nitrogen and oxygen atoms in total. The Kier molecular flexibility index (Phi) is 6.87. The van der Waals surface area contributed by atoms with E-state index >= 15 is 0 Å². The van der Waals surface area contributed by atoms with Crippen molar-refractivity contribution >= 4 is 29.3 Å². The number of halogens is 1. The summed E-state index contributed by atoms with van der Waals surface area (Å²) in [5.41, 5.74) is 5.27. The van der Waals surface area contributed by atoms with Gasteiger partial charge in [0.2, 0.25) is 5.95 Å². The molecule has 1 aliphatic carbocycles. The zero-order chi connectivity index (χ0) is 18.4. The average molecular weight is 369 g/mol. The van der Waals surface area contributed by atoms with Crippen LogP contribution in [-0.4, -0.2) is 28.1 Å². The molecule has 0 bridgehead atoms. The zero-order valence-electron chi connectivity index (χ0n) is 15.3. The van der Waals surface area contributed by atoms with Gasteiger partial charge < -0.3 is 15.8 Å². The number of nitrogens with one attached hydrogen (secondary N) is 1. The van der Waals surface area contributed by atoms with Gasteiger partial charge in [-0.3, -0.25) is 4.79 Å². The fraction of sp³-hybridized carbons (Fsp3) is 0.722. The number of esters is 1. The van der Waals surface area contributed by atoms with Crippen molar-refractivity contribution < 1.29 is 9.53 Å². The minimum Gasteiger partial charge on any atom is -0.460 e. The largest absolute Gasteiger partial charge is 0.460 e. The fourth-order valence-corrected chi connectivity index (χ4v) is 3.38. The fourth-order valence-electron chi connectivity index (χ4n) is 3.19. The Hall–Kier alpha value is -1.56. The number of hydrogen-bond acceptors (Lipinski definition) is 6. The molecule has 1 aromatic rings. The molecule has 1 aromatic heterocycles. The molecule has 3 N–H and O–H groups in total. The zero-order valence-corrected chi connectivity index (χ0v) is 16.1. The van der Waals surface area contributed by atoms with Gasteiger partial charge >= 0.3 is 5.97 Å². The van der Waals surface area contributed by atoms with Crippen LogP contribution < -0.4 is 11.1 Å². The summed E-state index contributed by atoms with van der Waals surface area (Å²) in [4.78, 5) is 20.1. The van der Waals surface area contributed by atoms with E-state index in [1.165, 1.54) is 6.07 Å². The third kappa shape index (κ3) is 7.46. The molecule has 2 rings (SSSR count). The number of carbonyl (C=O) groups is 1. The number of ether oxygens (including phenoxy) is 1. The van der Waals surface area contributed by atoms with Gasteiger partial charge in [0.25, 0.3) is 0 Å². The molecule has 1 fully saturated rings. The van der Waals surface area contributed by atoms with Crippen molar-refractivity contribution in [3.8, 4) is 0 Å². The Labute approximate surface area is 154 Å². The van der Waals surface area contributed by atoms with Crippen LogP contribution in [0, 0.1) is 11.8 Å². The molecular weight excluding hydrogens is 340 g/mol. The second-order valence-electron chi connectivity index (χ2n) is 7.83. The molecule has 0 radical (unpaired) electrons. The second-order valence-corrected chi connectivity index (χ2v) is 8.22. The van der Waals surface area contributed by atoms with Crippen molar-refractivity contribution in [3.63, 3.8) is 0 Å². The summed E-state index contributed by atoms with van der Waals surface area (Å²) in [6, 6.07) is 1.53. The highest BCUT2D eigenvalue weighted by atomic mass is 35.5. The van der Waals surface area contributed by atoms with Gasteiger partial charge in [-0.25, -0.2) is 4.98 Å². The van der Waals surface area contributed by atoms with Gasteiger partial charge in [0.05, 0.1) is 0 Å². The van der Waals surface area contributed by atoms with Gasteiger partial charge in [-0.1, -0.05) is 24.4 Å². The second kappa shape index (κ2) is 8.70. The third-order valence-electron chi connectivity index (χ3n) is 4.41. The number of nitrogens with two attached hydrogens (primary N) is 1. The van der Waals surface area contributed by atoms with Gasteiger partial charge in [-0.15, -0.1) is 0 Å². The van der Waals surface area contributed by atoms with E-state index in [4.69, 9.17) is 22.1 Å². The smallest absolute Gasteiger partial charge is 0.306 e. The molecule has 1 heterocycles. The summed E-state index contributed by atoms with van der Waals surface area (Å²) < 4.78 is 5.37. The first-order valence-corrected chi connectivity index (χ1v) is 9.35. The van der Waals surface area contributed by atoms with E-state index in [2.05, 4.69) is 15.3 Å². The van der Waals surface area contributed by atoms with Crippen molar-refractivity contribution in [2.45, 2.75) is 64.9 Å². The SMILES string of the molecule is CC(C)(C)OC(=O)CCC1CCC(CNc2nc(N)cc(Cl)n2)CC1. The molecule has 25 heavy (non-hydrogen) atoms. The van der Waals surface area contributed by atoms with Gasteiger partial charge in [-0.2, -0.15) is 4.98 Å². The van der Waals surface area contributed by atoms with Crippen molar-refractivity contribution in [1.82, 2.24) is 9.97 Å². The Balaban J connectivity index is 1.67. The summed E-state index contributed by atoms with van der Waals surface area (Å²) in [5.74, 6) is 1.96. The molecule has 7 heteroatoms. The van der Waals surface area contributed by atoms with Gasteiger partial charge in [0, 0.05) is 19.0 Å². The molecule has 0 unspecified atom stereocenters. The molecule has 0 spiro atoms. The number of aromatic nitrogens is 2. The standard InChI is InChI=1S/C18H29ClN4O2/c1-18(2,3)25-16(24)9-8-12-4-6-13(7-5-12)11-21-17-22-14(19)10-15(20)23-17/h10,12-13H,4-9,11H2,1-3H3,(H3,20,21,22,23). The predicted molar refractivity (Wildman–Crippen MR) is 100 cm³/mol. The maximum atomic E-state index is 11.8. The number of nitrogen functional groups attached to an aromatic ring is 1. The van der Waals surface area contributed by atoms with E-state index in [0.717, 1.165) is 38.6 Å². The molecule has 1 aliphatic rings. The van der Waals surface area contributed by atoms with Crippen LogP contribution in [0.4, 0.5) is 11.8 Å². The molecule has 0 amide bonds. The van der Waals surface area contributed by atoms with E-state index in [0.29, 0.717) is 35.2 Å². The average Bonchev–Trinajstić information content (AvgIpc) is 2.49. The van der Waals surface area contributed by atoms with Crippen LogP contribution in [-0.2, 0) is 9.53 Å². The van der Waals surface area contributed by atoms with Crippen LogP contribution >= 0.6 is 11.6 Å². The lowest BCUT2D eigenvalue weighted by molar-refractivity contribution is -0.155. The first-order valence-electron chi connectivity index (χ1n) is 8.97. The lowest BCUT2D eigenvalue weighted by Gasteiger charge is -2.28. The van der Waals surface area contributed by atoms with E-state index in [1.54, 1.807) is 0 Å². The van der Waals surface area contributed by atoms with E-state index in [-0.39, 0.29) is 5.97 Å². The first-order chi connectivity index (χ1) is 11.7. The third-order valence-corrected chi connectivity index (χ3v) is 4.60.